The highest BCUT2D eigenvalue weighted by Gasteiger charge is 2.42. The quantitative estimate of drug-likeness (QED) is 0.833. The van der Waals surface area contributed by atoms with Crippen LogP contribution in [0.15, 0.2) is 24.3 Å². The fourth-order valence-electron chi connectivity index (χ4n) is 5.40. The monoisotopic (exact) mass is 328 g/mol. The fourth-order valence-corrected chi connectivity index (χ4v) is 5.40. The molecule has 0 spiro atoms. The molecule has 0 unspecified atom stereocenters. The molecule has 3 heteroatoms. The van der Waals surface area contributed by atoms with Gasteiger partial charge in [0.15, 0.2) is 0 Å². The Kier molecular flexibility index (Phi) is 5.09. The number of hydrogen-bond donors (Lipinski definition) is 0. The van der Waals surface area contributed by atoms with Crippen LogP contribution < -0.4 is 4.74 Å². The van der Waals surface area contributed by atoms with Gasteiger partial charge in [-0.25, -0.2) is 0 Å². The molecular weight excluding hydrogens is 296 g/mol. The molecule has 2 saturated heterocycles. The van der Waals surface area contributed by atoms with Gasteiger partial charge in [-0.1, -0.05) is 31.4 Å². The maximum absolute atomic E-state index is 5.31. The standard InChI is InChI=1S/C21H32N2O/c1-24-19-11-9-17(10-12-19)16-23-15-14-22-13-5-8-20(22)21(23)18-6-3-2-4-7-18/h9-12,18,20-21H,2-8,13-16H2,1H3/t20-,21+/m0/s1. The van der Waals surface area contributed by atoms with Crippen LogP contribution in [-0.2, 0) is 6.54 Å². The average Bonchev–Trinajstić information content (AvgIpc) is 3.11. The zero-order valence-corrected chi connectivity index (χ0v) is 15.1. The highest BCUT2D eigenvalue weighted by molar-refractivity contribution is 5.27. The molecule has 2 atom stereocenters. The summed E-state index contributed by atoms with van der Waals surface area (Å²) < 4.78 is 5.31. The molecule has 2 aliphatic heterocycles. The number of ether oxygens (including phenoxy) is 1. The first-order chi connectivity index (χ1) is 11.8. The van der Waals surface area contributed by atoms with Crippen molar-refractivity contribution in [3.8, 4) is 5.75 Å². The van der Waals surface area contributed by atoms with E-state index in [1.165, 1.54) is 70.1 Å². The summed E-state index contributed by atoms with van der Waals surface area (Å²) in [6.07, 6.45) is 10.1. The van der Waals surface area contributed by atoms with Crippen molar-refractivity contribution < 1.29 is 4.74 Å². The minimum absolute atomic E-state index is 0.781. The van der Waals surface area contributed by atoms with Crippen molar-refractivity contribution in [1.82, 2.24) is 9.80 Å². The van der Waals surface area contributed by atoms with Crippen LogP contribution in [0.25, 0.3) is 0 Å². The highest BCUT2D eigenvalue weighted by Crippen LogP contribution is 2.38. The molecule has 24 heavy (non-hydrogen) atoms. The smallest absolute Gasteiger partial charge is 0.118 e. The van der Waals surface area contributed by atoms with Gasteiger partial charge in [-0.3, -0.25) is 9.80 Å². The Bertz CT molecular complexity index is 523. The molecule has 0 bridgehead atoms. The molecule has 0 radical (unpaired) electrons. The first-order valence-corrected chi connectivity index (χ1v) is 9.96. The molecule has 1 aromatic carbocycles. The number of piperazine rings is 1. The van der Waals surface area contributed by atoms with Crippen molar-refractivity contribution in [2.75, 3.05) is 26.7 Å². The lowest BCUT2D eigenvalue weighted by Gasteiger charge is -2.49. The molecule has 3 aliphatic rings. The van der Waals surface area contributed by atoms with E-state index in [2.05, 4.69) is 34.1 Å². The maximum atomic E-state index is 5.31. The molecule has 0 N–H and O–H groups in total. The Hall–Kier alpha value is -1.06. The lowest BCUT2D eigenvalue weighted by Crippen LogP contribution is -2.59. The Balaban J connectivity index is 1.52. The van der Waals surface area contributed by atoms with Crippen molar-refractivity contribution in [3.05, 3.63) is 29.8 Å². The number of methoxy groups -OCH3 is 1. The van der Waals surface area contributed by atoms with Crippen LogP contribution >= 0.6 is 0 Å². The molecule has 1 aliphatic carbocycles. The summed E-state index contributed by atoms with van der Waals surface area (Å²) in [5.74, 6) is 1.88. The number of fused-ring (bicyclic) bond motifs is 1. The van der Waals surface area contributed by atoms with E-state index in [-0.39, 0.29) is 0 Å². The van der Waals surface area contributed by atoms with Gasteiger partial charge in [-0.2, -0.15) is 0 Å². The van der Waals surface area contributed by atoms with Crippen LogP contribution in [0.1, 0.15) is 50.5 Å². The summed E-state index contributed by atoms with van der Waals surface area (Å²) >= 11 is 0. The molecule has 3 nitrogen and oxygen atoms in total. The largest absolute Gasteiger partial charge is 0.497 e. The van der Waals surface area contributed by atoms with E-state index in [1.807, 2.05) is 0 Å². The van der Waals surface area contributed by atoms with Crippen LogP contribution in [0.4, 0.5) is 0 Å². The third kappa shape index (κ3) is 3.34. The molecule has 132 valence electrons. The predicted octanol–water partition coefficient (Wildman–Crippen LogP) is 3.92. The second kappa shape index (κ2) is 7.45. The Labute approximate surface area is 147 Å². The number of nitrogens with zero attached hydrogens (tertiary/aromatic N) is 2. The zero-order chi connectivity index (χ0) is 16.4. The first-order valence-electron chi connectivity index (χ1n) is 9.96. The second-order valence-corrected chi connectivity index (χ2v) is 7.95. The molecule has 3 fully saturated rings. The van der Waals surface area contributed by atoms with E-state index in [0.29, 0.717) is 0 Å². The number of hydrogen-bond acceptors (Lipinski definition) is 3. The molecule has 1 saturated carbocycles. The Morgan fingerprint density at radius 2 is 1.71 bits per heavy atom. The number of benzene rings is 1. The lowest BCUT2D eigenvalue weighted by molar-refractivity contribution is -0.00380. The minimum Gasteiger partial charge on any atom is -0.497 e. The van der Waals surface area contributed by atoms with Crippen LogP contribution in [0.2, 0.25) is 0 Å². The van der Waals surface area contributed by atoms with Gasteiger partial charge in [0.2, 0.25) is 0 Å². The molecule has 0 amide bonds. The van der Waals surface area contributed by atoms with E-state index < -0.39 is 0 Å². The SMILES string of the molecule is COc1ccc(CN2CCN3CCC[C@H]3[C@H]2C2CCCCC2)cc1. The summed E-state index contributed by atoms with van der Waals surface area (Å²) in [7, 11) is 1.74. The molecule has 4 rings (SSSR count). The summed E-state index contributed by atoms with van der Waals surface area (Å²) in [6.45, 7) is 4.95. The van der Waals surface area contributed by atoms with Crippen LogP contribution in [-0.4, -0.2) is 48.6 Å². The first kappa shape index (κ1) is 16.4. The average molecular weight is 329 g/mol. The van der Waals surface area contributed by atoms with Gasteiger partial charge < -0.3 is 4.74 Å². The van der Waals surface area contributed by atoms with Crippen molar-refractivity contribution >= 4 is 0 Å². The molecular formula is C21H32N2O. The van der Waals surface area contributed by atoms with E-state index in [1.54, 1.807) is 7.11 Å². The topological polar surface area (TPSA) is 15.7 Å². The van der Waals surface area contributed by atoms with Crippen LogP contribution in [0.5, 0.6) is 5.75 Å². The van der Waals surface area contributed by atoms with E-state index in [0.717, 1.165) is 30.3 Å². The Morgan fingerprint density at radius 1 is 0.917 bits per heavy atom. The van der Waals surface area contributed by atoms with Crippen molar-refractivity contribution in [3.63, 3.8) is 0 Å². The number of rotatable bonds is 4. The Morgan fingerprint density at radius 3 is 2.46 bits per heavy atom. The van der Waals surface area contributed by atoms with Gasteiger partial charge in [0.1, 0.15) is 5.75 Å². The minimum atomic E-state index is 0.781. The van der Waals surface area contributed by atoms with Gasteiger partial charge in [0, 0.05) is 31.7 Å². The van der Waals surface area contributed by atoms with Crippen LogP contribution in [0, 0.1) is 5.92 Å². The van der Waals surface area contributed by atoms with Gasteiger partial charge in [0.25, 0.3) is 0 Å². The zero-order valence-electron chi connectivity index (χ0n) is 15.1. The van der Waals surface area contributed by atoms with E-state index >= 15 is 0 Å². The second-order valence-electron chi connectivity index (χ2n) is 7.95. The third-order valence-corrected chi connectivity index (χ3v) is 6.58. The van der Waals surface area contributed by atoms with Gasteiger partial charge in [-0.05, 0) is 55.8 Å². The summed E-state index contributed by atoms with van der Waals surface area (Å²) in [5.41, 5.74) is 1.43. The van der Waals surface area contributed by atoms with Gasteiger partial charge in [-0.15, -0.1) is 0 Å². The van der Waals surface area contributed by atoms with Gasteiger partial charge >= 0.3 is 0 Å². The predicted molar refractivity (Wildman–Crippen MR) is 98.4 cm³/mol. The fraction of sp³-hybridized carbons (Fsp3) is 0.714. The van der Waals surface area contributed by atoms with Crippen LogP contribution in [0.3, 0.4) is 0 Å². The summed E-state index contributed by atoms with van der Waals surface area (Å²) in [6, 6.07) is 10.3. The normalized spacial score (nSPS) is 29.5. The van der Waals surface area contributed by atoms with Crippen molar-refractivity contribution in [2.24, 2.45) is 5.92 Å². The highest BCUT2D eigenvalue weighted by atomic mass is 16.5. The van der Waals surface area contributed by atoms with Gasteiger partial charge in [0.05, 0.1) is 7.11 Å². The molecule has 1 aromatic rings. The lowest BCUT2D eigenvalue weighted by atomic mass is 9.78. The molecule has 2 heterocycles. The van der Waals surface area contributed by atoms with Crippen molar-refractivity contribution in [1.29, 1.82) is 0 Å². The van der Waals surface area contributed by atoms with E-state index in [4.69, 9.17) is 4.74 Å². The third-order valence-electron chi connectivity index (χ3n) is 6.58. The summed E-state index contributed by atoms with van der Waals surface area (Å²) in [5, 5.41) is 0. The molecule has 0 aromatic heterocycles. The maximum Gasteiger partial charge on any atom is 0.118 e. The summed E-state index contributed by atoms with van der Waals surface area (Å²) in [4.78, 5) is 5.62. The van der Waals surface area contributed by atoms with E-state index in [9.17, 15) is 0 Å². The van der Waals surface area contributed by atoms with Crippen molar-refractivity contribution in [2.45, 2.75) is 63.6 Å².